The lowest BCUT2D eigenvalue weighted by Crippen LogP contribution is -2.14. The van der Waals surface area contributed by atoms with E-state index in [1.807, 2.05) is 49.3 Å². The van der Waals surface area contributed by atoms with Crippen molar-refractivity contribution in [2.75, 3.05) is 19.4 Å². The van der Waals surface area contributed by atoms with Crippen LogP contribution < -0.4 is 5.32 Å². The summed E-state index contributed by atoms with van der Waals surface area (Å²) in [6, 6.07) is 16.4. The molecule has 0 aliphatic heterocycles. The topological polar surface area (TPSA) is 45.2 Å². The smallest absolute Gasteiger partial charge is 0.257 e. The molecule has 1 aromatic heterocycles. The van der Waals surface area contributed by atoms with Crippen molar-refractivity contribution in [3.05, 3.63) is 82.0 Å². The van der Waals surface area contributed by atoms with Crippen LogP contribution in [0.15, 0.2) is 60.8 Å². The Hall–Kier alpha value is -2.40. The Labute approximate surface area is 168 Å². The van der Waals surface area contributed by atoms with Crippen molar-refractivity contribution in [2.24, 2.45) is 0 Å². The monoisotopic (exact) mass is 399 g/mol. The number of aromatic nitrogens is 1. The molecule has 0 aliphatic carbocycles. The second-order valence-corrected chi connectivity index (χ2v) is 7.23. The molecule has 0 radical (unpaired) electrons. The maximum atomic E-state index is 12.6. The van der Waals surface area contributed by atoms with Crippen molar-refractivity contribution in [2.45, 2.75) is 6.54 Å². The molecule has 3 aromatic rings. The van der Waals surface area contributed by atoms with Crippen molar-refractivity contribution >= 4 is 34.8 Å². The zero-order valence-corrected chi connectivity index (χ0v) is 16.6. The first-order valence-corrected chi connectivity index (χ1v) is 9.15. The van der Waals surface area contributed by atoms with E-state index in [0.29, 0.717) is 21.3 Å². The summed E-state index contributed by atoms with van der Waals surface area (Å²) in [6.45, 7) is 0.756. The van der Waals surface area contributed by atoms with Crippen LogP contribution in [0.4, 0.5) is 5.69 Å². The Morgan fingerprint density at radius 3 is 2.52 bits per heavy atom. The largest absolute Gasteiger partial charge is 0.322 e. The second-order valence-electron chi connectivity index (χ2n) is 6.42. The third-order valence-electron chi connectivity index (χ3n) is 3.94. The minimum Gasteiger partial charge on any atom is -0.322 e. The van der Waals surface area contributed by atoms with E-state index in [9.17, 15) is 4.79 Å². The molecule has 0 saturated heterocycles. The van der Waals surface area contributed by atoms with E-state index in [4.69, 9.17) is 23.2 Å². The van der Waals surface area contributed by atoms with E-state index in [1.165, 1.54) is 0 Å². The average molecular weight is 400 g/mol. The molecule has 0 aliphatic rings. The molecule has 6 heteroatoms. The number of hydrogen-bond acceptors (Lipinski definition) is 3. The van der Waals surface area contributed by atoms with Gasteiger partial charge in [-0.15, -0.1) is 0 Å². The Morgan fingerprint density at radius 2 is 1.85 bits per heavy atom. The fraction of sp³-hybridized carbons (Fsp3) is 0.143. The van der Waals surface area contributed by atoms with Gasteiger partial charge in [-0.2, -0.15) is 0 Å². The molecule has 0 atom stereocenters. The highest BCUT2D eigenvalue weighted by Crippen LogP contribution is 2.29. The fourth-order valence-electron chi connectivity index (χ4n) is 2.73. The number of rotatable bonds is 5. The molecule has 0 spiro atoms. The van der Waals surface area contributed by atoms with Crippen LogP contribution in [0.1, 0.15) is 15.9 Å². The lowest BCUT2D eigenvalue weighted by Gasteiger charge is -2.12. The van der Waals surface area contributed by atoms with E-state index in [-0.39, 0.29) is 5.91 Å². The maximum Gasteiger partial charge on any atom is 0.257 e. The number of amides is 1. The zero-order chi connectivity index (χ0) is 19.4. The summed E-state index contributed by atoms with van der Waals surface area (Å²) in [5.41, 5.74) is 3.59. The third kappa shape index (κ3) is 4.86. The molecular formula is C21H19Cl2N3O. The number of pyridine rings is 1. The normalized spacial score (nSPS) is 10.9. The van der Waals surface area contributed by atoms with Crippen LogP contribution in [0.3, 0.4) is 0 Å². The predicted octanol–water partition coefficient (Wildman–Crippen LogP) is 5.37. The summed E-state index contributed by atoms with van der Waals surface area (Å²) >= 11 is 12.6. The highest BCUT2D eigenvalue weighted by molar-refractivity contribution is 6.35. The van der Waals surface area contributed by atoms with Crippen LogP contribution in [0.2, 0.25) is 10.0 Å². The number of halogens is 2. The van der Waals surface area contributed by atoms with Crippen LogP contribution in [0.25, 0.3) is 11.3 Å². The Morgan fingerprint density at radius 1 is 1.04 bits per heavy atom. The quantitative estimate of drug-likeness (QED) is 0.626. The first-order valence-electron chi connectivity index (χ1n) is 8.39. The van der Waals surface area contributed by atoms with Gasteiger partial charge in [-0.1, -0.05) is 35.3 Å². The van der Waals surface area contributed by atoms with Crippen molar-refractivity contribution in [3.8, 4) is 11.3 Å². The summed E-state index contributed by atoms with van der Waals surface area (Å²) in [4.78, 5) is 19.0. The van der Waals surface area contributed by atoms with Crippen molar-refractivity contribution in [1.29, 1.82) is 0 Å². The maximum absolute atomic E-state index is 12.6. The second kappa shape index (κ2) is 8.53. The van der Waals surface area contributed by atoms with Crippen molar-refractivity contribution in [1.82, 2.24) is 9.88 Å². The highest BCUT2D eigenvalue weighted by Gasteiger charge is 2.13. The summed E-state index contributed by atoms with van der Waals surface area (Å²) in [5.74, 6) is -0.273. The van der Waals surface area contributed by atoms with E-state index in [2.05, 4.69) is 10.3 Å². The molecule has 138 valence electrons. The molecule has 27 heavy (non-hydrogen) atoms. The third-order valence-corrected chi connectivity index (χ3v) is 4.58. The van der Waals surface area contributed by atoms with Gasteiger partial charge in [0.15, 0.2) is 0 Å². The summed E-state index contributed by atoms with van der Waals surface area (Å²) < 4.78 is 0. The van der Waals surface area contributed by atoms with Gasteiger partial charge in [-0.25, -0.2) is 0 Å². The van der Waals surface area contributed by atoms with Gasteiger partial charge in [0.1, 0.15) is 0 Å². The molecule has 0 unspecified atom stereocenters. The molecule has 0 fully saturated rings. The molecule has 0 bridgehead atoms. The Balaban J connectivity index is 1.82. The predicted molar refractivity (Wildman–Crippen MR) is 111 cm³/mol. The molecule has 2 aromatic carbocycles. The summed E-state index contributed by atoms with van der Waals surface area (Å²) in [5, 5.41) is 3.87. The number of nitrogens with zero attached hydrogens (tertiary/aromatic N) is 2. The molecule has 0 saturated carbocycles. The van der Waals surface area contributed by atoms with Crippen LogP contribution in [-0.2, 0) is 6.54 Å². The van der Waals surface area contributed by atoms with Crippen molar-refractivity contribution < 1.29 is 4.79 Å². The van der Waals surface area contributed by atoms with Gasteiger partial charge < -0.3 is 10.2 Å². The molecule has 1 N–H and O–H groups in total. The first-order chi connectivity index (χ1) is 12.9. The van der Waals surface area contributed by atoms with Gasteiger partial charge in [0.2, 0.25) is 0 Å². The Kier molecular flexibility index (Phi) is 6.11. The summed E-state index contributed by atoms with van der Waals surface area (Å²) in [6.07, 6.45) is 1.70. The molecular weight excluding hydrogens is 381 g/mol. The number of nitrogens with one attached hydrogen (secondary N) is 1. The van der Waals surface area contributed by atoms with E-state index >= 15 is 0 Å². The molecule has 1 amide bonds. The SMILES string of the molecule is CN(C)Cc1ccc(C(=O)Nc2ccc(Cl)c(-c3ccccn3)c2)c(Cl)c1. The van der Waals surface area contributed by atoms with E-state index < -0.39 is 0 Å². The minimum atomic E-state index is -0.273. The van der Waals surface area contributed by atoms with Gasteiger partial charge >= 0.3 is 0 Å². The number of anilines is 1. The van der Waals surface area contributed by atoms with Gasteiger partial charge in [-0.3, -0.25) is 9.78 Å². The first kappa shape index (κ1) is 19.4. The lowest BCUT2D eigenvalue weighted by atomic mass is 10.1. The number of benzene rings is 2. The van der Waals surface area contributed by atoms with Gasteiger partial charge in [-0.05, 0) is 62.1 Å². The minimum absolute atomic E-state index is 0.273. The Bertz CT molecular complexity index is 959. The molecule has 1 heterocycles. The van der Waals surface area contributed by atoms with Crippen LogP contribution in [0, 0.1) is 0 Å². The fourth-order valence-corrected chi connectivity index (χ4v) is 3.23. The van der Waals surface area contributed by atoms with Gasteiger partial charge in [0.05, 0.1) is 21.3 Å². The van der Waals surface area contributed by atoms with Crippen LogP contribution in [0.5, 0.6) is 0 Å². The van der Waals surface area contributed by atoms with Crippen molar-refractivity contribution in [3.63, 3.8) is 0 Å². The van der Waals surface area contributed by atoms with Crippen LogP contribution >= 0.6 is 23.2 Å². The highest BCUT2D eigenvalue weighted by atomic mass is 35.5. The average Bonchev–Trinajstić information content (AvgIpc) is 2.63. The lowest BCUT2D eigenvalue weighted by molar-refractivity contribution is 0.102. The van der Waals surface area contributed by atoms with Crippen LogP contribution in [-0.4, -0.2) is 29.9 Å². The van der Waals surface area contributed by atoms with E-state index in [0.717, 1.165) is 23.4 Å². The van der Waals surface area contributed by atoms with E-state index in [1.54, 1.807) is 30.5 Å². The number of carbonyl (C=O) groups excluding carboxylic acids is 1. The number of carbonyl (C=O) groups is 1. The standard InChI is InChI=1S/C21H19Cl2N3O/c1-26(2)13-14-6-8-16(19(23)11-14)21(27)25-15-7-9-18(22)17(12-15)20-5-3-4-10-24-20/h3-12H,13H2,1-2H3,(H,25,27). The zero-order valence-electron chi connectivity index (χ0n) is 15.0. The molecule has 4 nitrogen and oxygen atoms in total. The van der Waals surface area contributed by atoms with Gasteiger partial charge in [0.25, 0.3) is 5.91 Å². The number of hydrogen-bond donors (Lipinski definition) is 1. The molecule has 3 rings (SSSR count). The van der Waals surface area contributed by atoms with Gasteiger partial charge in [0, 0.05) is 24.0 Å². The summed E-state index contributed by atoms with van der Waals surface area (Å²) in [7, 11) is 3.96.